The summed E-state index contributed by atoms with van der Waals surface area (Å²) in [6, 6.07) is 9.59. The highest BCUT2D eigenvalue weighted by Gasteiger charge is 2.41. The molecule has 102 valence electrons. The molecule has 4 heteroatoms. The fraction of sp³-hybridized carbons (Fsp3) is 0.600. The molecule has 0 bridgehead atoms. The molecule has 2 saturated heterocycles. The molecule has 3 unspecified atom stereocenters. The third-order valence-electron chi connectivity index (χ3n) is 4.70. The molecule has 3 aliphatic rings. The number of benzene rings is 1. The number of morpholine rings is 1. The molecular weight excluding hydrogens is 238 g/mol. The van der Waals surface area contributed by atoms with Crippen LogP contribution in [0.3, 0.4) is 0 Å². The zero-order chi connectivity index (χ0) is 12.7. The topological polar surface area (TPSA) is 36.5 Å². The van der Waals surface area contributed by atoms with Gasteiger partial charge in [0.15, 0.2) is 0 Å². The number of nitrogens with zero attached hydrogens (tertiary/aromatic N) is 1. The average Bonchev–Trinajstić information content (AvgIpc) is 2.90. The molecule has 0 amide bonds. The van der Waals surface area contributed by atoms with Crippen LogP contribution in [0.1, 0.15) is 17.2 Å². The Hall–Kier alpha value is -0.940. The molecule has 19 heavy (non-hydrogen) atoms. The highest BCUT2D eigenvalue weighted by molar-refractivity contribution is 5.35. The van der Waals surface area contributed by atoms with Gasteiger partial charge in [0.2, 0.25) is 0 Å². The maximum Gasteiger partial charge on any atom is 0.0937 e. The first-order valence-electron chi connectivity index (χ1n) is 7.31. The summed E-state index contributed by atoms with van der Waals surface area (Å²) >= 11 is 0. The van der Waals surface area contributed by atoms with Gasteiger partial charge in [-0.25, -0.2) is 0 Å². The van der Waals surface area contributed by atoms with E-state index >= 15 is 0 Å². The molecule has 1 aromatic rings. The first kappa shape index (κ1) is 11.9. The SMILES string of the molecule is c1ccc2c(c1)CNC2C1OCCN2CCNCC12. The number of fused-ring (bicyclic) bond motifs is 2. The lowest BCUT2D eigenvalue weighted by molar-refractivity contribution is -0.0925. The maximum atomic E-state index is 6.14. The molecule has 3 heterocycles. The van der Waals surface area contributed by atoms with E-state index in [-0.39, 0.29) is 6.10 Å². The van der Waals surface area contributed by atoms with Gasteiger partial charge in [-0.2, -0.15) is 0 Å². The zero-order valence-electron chi connectivity index (χ0n) is 11.1. The van der Waals surface area contributed by atoms with E-state index < -0.39 is 0 Å². The molecule has 3 aliphatic heterocycles. The maximum absolute atomic E-state index is 6.14. The molecule has 0 radical (unpaired) electrons. The van der Waals surface area contributed by atoms with Gasteiger partial charge in [-0.1, -0.05) is 24.3 Å². The minimum atomic E-state index is 0.269. The van der Waals surface area contributed by atoms with E-state index in [1.54, 1.807) is 0 Å². The number of rotatable bonds is 1. The zero-order valence-corrected chi connectivity index (χ0v) is 11.1. The third kappa shape index (κ3) is 1.99. The fourth-order valence-corrected chi connectivity index (χ4v) is 3.73. The number of piperazine rings is 1. The van der Waals surface area contributed by atoms with Gasteiger partial charge in [-0.3, -0.25) is 4.90 Å². The van der Waals surface area contributed by atoms with Gasteiger partial charge < -0.3 is 15.4 Å². The Kier molecular flexibility index (Phi) is 3.04. The van der Waals surface area contributed by atoms with Crippen molar-refractivity contribution in [3.8, 4) is 0 Å². The smallest absolute Gasteiger partial charge is 0.0937 e. The molecule has 4 nitrogen and oxygen atoms in total. The summed E-state index contributed by atoms with van der Waals surface area (Å²) in [7, 11) is 0. The van der Waals surface area contributed by atoms with Crippen LogP contribution in [0.5, 0.6) is 0 Å². The third-order valence-corrected chi connectivity index (χ3v) is 4.70. The molecule has 0 saturated carbocycles. The van der Waals surface area contributed by atoms with Gasteiger partial charge in [-0.05, 0) is 11.1 Å². The molecule has 0 spiro atoms. The summed E-state index contributed by atoms with van der Waals surface area (Å²) in [6.45, 7) is 6.22. The van der Waals surface area contributed by atoms with Crippen molar-refractivity contribution in [3.63, 3.8) is 0 Å². The van der Waals surface area contributed by atoms with E-state index in [4.69, 9.17) is 4.74 Å². The summed E-state index contributed by atoms with van der Waals surface area (Å²) in [6.07, 6.45) is 0.269. The van der Waals surface area contributed by atoms with Crippen molar-refractivity contribution in [2.24, 2.45) is 0 Å². The number of nitrogens with one attached hydrogen (secondary N) is 2. The molecule has 0 aromatic heterocycles. The van der Waals surface area contributed by atoms with Crippen molar-refractivity contribution in [2.45, 2.75) is 24.7 Å². The second-order valence-corrected chi connectivity index (χ2v) is 5.70. The average molecular weight is 259 g/mol. The van der Waals surface area contributed by atoms with Crippen LogP contribution < -0.4 is 10.6 Å². The Morgan fingerprint density at radius 3 is 3.16 bits per heavy atom. The number of ether oxygens (including phenoxy) is 1. The second kappa shape index (κ2) is 4.87. The minimum absolute atomic E-state index is 0.269. The van der Waals surface area contributed by atoms with E-state index in [1.807, 2.05) is 0 Å². The van der Waals surface area contributed by atoms with E-state index in [1.165, 1.54) is 11.1 Å². The van der Waals surface area contributed by atoms with Crippen molar-refractivity contribution >= 4 is 0 Å². The van der Waals surface area contributed by atoms with Crippen LogP contribution in [-0.2, 0) is 11.3 Å². The Bertz CT molecular complexity index is 462. The van der Waals surface area contributed by atoms with Crippen LogP contribution in [0.25, 0.3) is 0 Å². The van der Waals surface area contributed by atoms with Gasteiger partial charge in [-0.15, -0.1) is 0 Å². The van der Waals surface area contributed by atoms with Crippen molar-refractivity contribution in [1.82, 2.24) is 15.5 Å². The van der Waals surface area contributed by atoms with Crippen LogP contribution in [0.4, 0.5) is 0 Å². The van der Waals surface area contributed by atoms with Crippen LogP contribution in [-0.4, -0.2) is 49.8 Å². The first-order chi connectivity index (χ1) is 9.43. The lowest BCUT2D eigenvalue weighted by atomic mass is 9.93. The normalized spacial score (nSPS) is 34.8. The minimum Gasteiger partial charge on any atom is -0.373 e. The van der Waals surface area contributed by atoms with Crippen LogP contribution in [0.2, 0.25) is 0 Å². The summed E-state index contributed by atoms with van der Waals surface area (Å²) in [5.41, 5.74) is 2.86. The predicted octanol–water partition coefficient (Wildman–Crippen LogP) is 0.504. The van der Waals surface area contributed by atoms with E-state index in [0.29, 0.717) is 12.1 Å². The lowest BCUT2D eigenvalue weighted by Gasteiger charge is -2.46. The molecule has 0 aliphatic carbocycles. The van der Waals surface area contributed by atoms with E-state index in [0.717, 1.165) is 39.3 Å². The fourth-order valence-electron chi connectivity index (χ4n) is 3.73. The molecule has 2 N–H and O–H groups in total. The van der Waals surface area contributed by atoms with Crippen LogP contribution in [0.15, 0.2) is 24.3 Å². The molecule has 4 rings (SSSR count). The van der Waals surface area contributed by atoms with Gasteiger partial charge >= 0.3 is 0 Å². The van der Waals surface area contributed by atoms with Crippen molar-refractivity contribution in [3.05, 3.63) is 35.4 Å². The standard InChI is InChI=1S/C15H21N3O/c1-2-4-12-11(3-1)9-17-14(12)15-13-10-16-5-6-18(13)7-8-19-15/h1-4,13-17H,5-10H2. The van der Waals surface area contributed by atoms with Gasteiger partial charge in [0.05, 0.1) is 24.8 Å². The van der Waals surface area contributed by atoms with E-state index in [2.05, 4.69) is 39.8 Å². The van der Waals surface area contributed by atoms with Crippen molar-refractivity contribution in [1.29, 1.82) is 0 Å². The Labute approximate surface area is 114 Å². The molecule has 3 atom stereocenters. The van der Waals surface area contributed by atoms with Crippen LogP contribution in [0, 0.1) is 0 Å². The highest BCUT2D eigenvalue weighted by atomic mass is 16.5. The number of hydrogen-bond acceptors (Lipinski definition) is 4. The summed E-state index contributed by atoms with van der Waals surface area (Å²) in [4.78, 5) is 2.59. The largest absolute Gasteiger partial charge is 0.373 e. The summed E-state index contributed by atoms with van der Waals surface area (Å²) in [5, 5.41) is 7.16. The molecular formula is C15H21N3O. The van der Waals surface area contributed by atoms with Crippen molar-refractivity contribution in [2.75, 3.05) is 32.8 Å². The monoisotopic (exact) mass is 259 g/mol. The van der Waals surface area contributed by atoms with Gasteiger partial charge in [0, 0.05) is 32.7 Å². The number of hydrogen-bond donors (Lipinski definition) is 2. The van der Waals surface area contributed by atoms with Crippen LogP contribution >= 0.6 is 0 Å². The molecule has 1 aromatic carbocycles. The van der Waals surface area contributed by atoms with Crippen molar-refractivity contribution < 1.29 is 4.74 Å². The second-order valence-electron chi connectivity index (χ2n) is 5.70. The lowest BCUT2D eigenvalue weighted by Crippen LogP contribution is -2.62. The van der Waals surface area contributed by atoms with Gasteiger partial charge in [0.25, 0.3) is 0 Å². The summed E-state index contributed by atoms with van der Waals surface area (Å²) in [5.74, 6) is 0. The summed E-state index contributed by atoms with van der Waals surface area (Å²) < 4.78 is 6.14. The predicted molar refractivity (Wildman–Crippen MR) is 74.0 cm³/mol. The highest BCUT2D eigenvalue weighted by Crippen LogP contribution is 2.33. The quantitative estimate of drug-likeness (QED) is 0.770. The molecule has 2 fully saturated rings. The van der Waals surface area contributed by atoms with Gasteiger partial charge in [0.1, 0.15) is 0 Å². The Morgan fingerprint density at radius 2 is 2.16 bits per heavy atom. The Balaban J connectivity index is 1.61. The van der Waals surface area contributed by atoms with E-state index in [9.17, 15) is 0 Å². The first-order valence-corrected chi connectivity index (χ1v) is 7.31. The Morgan fingerprint density at radius 1 is 1.21 bits per heavy atom.